The predicted octanol–water partition coefficient (Wildman–Crippen LogP) is 2.37. The lowest BCUT2D eigenvalue weighted by Gasteiger charge is -2.17. The molecule has 0 saturated carbocycles. The number of hydrogen-bond donors (Lipinski definition) is 1. The molecule has 3 amide bonds. The summed E-state index contributed by atoms with van der Waals surface area (Å²) in [7, 11) is 0. The second kappa shape index (κ2) is 7.52. The van der Waals surface area contributed by atoms with Gasteiger partial charge in [0, 0.05) is 25.2 Å². The number of carbonyl (C=O) groups is 3. The van der Waals surface area contributed by atoms with Crippen molar-refractivity contribution in [2.45, 2.75) is 31.8 Å². The first-order chi connectivity index (χ1) is 13.5. The highest BCUT2D eigenvalue weighted by molar-refractivity contribution is 6.22. The summed E-state index contributed by atoms with van der Waals surface area (Å²) < 4.78 is 14.0. The third-order valence-corrected chi connectivity index (χ3v) is 5.11. The van der Waals surface area contributed by atoms with Crippen LogP contribution in [0.5, 0.6) is 0 Å². The molecule has 1 N–H and O–H groups in total. The molecule has 0 radical (unpaired) electrons. The zero-order valence-corrected chi connectivity index (χ0v) is 15.2. The number of halogens is 1. The van der Waals surface area contributed by atoms with Gasteiger partial charge in [-0.25, -0.2) is 9.29 Å². The van der Waals surface area contributed by atoms with Crippen molar-refractivity contribution in [3.63, 3.8) is 0 Å². The van der Waals surface area contributed by atoms with Gasteiger partial charge in [0.05, 0.1) is 18.2 Å². The maximum Gasteiger partial charge on any atom is 0.251 e. The van der Waals surface area contributed by atoms with E-state index in [9.17, 15) is 18.8 Å². The van der Waals surface area contributed by atoms with E-state index in [2.05, 4.69) is 5.32 Å². The molecule has 2 aromatic carbocycles. The van der Waals surface area contributed by atoms with Crippen molar-refractivity contribution >= 4 is 29.1 Å². The fourth-order valence-corrected chi connectivity index (χ4v) is 3.63. The molecule has 0 bridgehead atoms. The summed E-state index contributed by atoms with van der Waals surface area (Å²) in [6.07, 6.45) is 1.45. The summed E-state index contributed by atoms with van der Waals surface area (Å²) in [5, 5.41) is 3.08. The Morgan fingerprint density at radius 2 is 1.75 bits per heavy atom. The van der Waals surface area contributed by atoms with Crippen LogP contribution in [0.25, 0.3) is 0 Å². The minimum absolute atomic E-state index is 0.00642. The molecule has 2 saturated heterocycles. The van der Waals surface area contributed by atoms with Crippen LogP contribution < -0.4 is 15.1 Å². The normalized spacial score (nSPS) is 19.8. The van der Waals surface area contributed by atoms with Gasteiger partial charge in [0.1, 0.15) is 5.82 Å². The molecule has 7 heteroatoms. The minimum atomic E-state index is -0.688. The van der Waals surface area contributed by atoms with Crippen molar-refractivity contribution in [2.24, 2.45) is 0 Å². The Morgan fingerprint density at radius 3 is 2.43 bits per heavy atom. The predicted molar refractivity (Wildman–Crippen MR) is 102 cm³/mol. The number of para-hydroxylation sites is 1. The highest BCUT2D eigenvalue weighted by Crippen LogP contribution is 2.26. The maximum atomic E-state index is 14.0. The number of imide groups is 1. The van der Waals surface area contributed by atoms with Crippen LogP contribution >= 0.6 is 0 Å². The van der Waals surface area contributed by atoms with Crippen LogP contribution in [0, 0.1) is 5.82 Å². The van der Waals surface area contributed by atoms with Crippen LogP contribution in [0.3, 0.4) is 0 Å². The fourth-order valence-electron chi connectivity index (χ4n) is 3.63. The number of anilines is 2. The number of benzene rings is 2. The Bertz CT molecular complexity index is 929. The van der Waals surface area contributed by atoms with Crippen LogP contribution in [0.4, 0.5) is 15.8 Å². The van der Waals surface area contributed by atoms with Crippen molar-refractivity contribution < 1.29 is 18.8 Å². The summed E-state index contributed by atoms with van der Waals surface area (Å²) in [5.74, 6) is -1.34. The van der Waals surface area contributed by atoms with Gasteiger partial charge in [-0.05, 0) is 36.2 Å². The molecule has 2 aliphatic heterocycles. The molecular weight excluding hydrogens is 361 g/mol. The van der Waals surface area contributed by atoms with E-state index in [0.29, 0.717) is 13.0 Å². The number of amides is 3. The van der Waals surface area contributed by atoms with Gasteiger partial charge in [-0.3, -0.25) is 14.4 Å². The van der Waals surface area contributed by atoms with Gasteiger partial charge in [-0.1, -0.05) is 24.3 Å². The third kappa shape index (κ3) is 3.41. The molecule has 2 heterocycles. The molecule has 0 aliphatic carbocycles. The molecule has 4 rings (SSSR count). The number of nitrogens with one attached hydrogen (secondary N) is 1. The average Bonchev–Trinajstić information content (AvgIpc) is 3.24. The number of nitrogens with zero attached hydrogens (tertiary/aromatic N) is 2. The summed E-state index contributed by atoms with van der Waals surface area (Å²) in [5.41, 5.74) is 1.78. The van der Waals surface area contributed by atoms with Gasteiger partial charge < -0.3 is 10.2 Å². The van der Waals surface area contributed by atoms with Crippen molar-refractivity contribution in [2.75, 3.05) is 16.3 Å². The Kier molecular flexibility index (Phi) is 4.92. The Balaban J connectivity index is 1.40. The van der Waals surface area contributed by atoms with E-state index in [0.717, 1.165) is 29.1 Å². The van der Waals surface area contributed by atoms with Gasteiger partial charge in [0.2, 0.25) is 11.8 Å². The van der Waals surface area contributed by atoms with E-state index < -0.39 is 23.7 Å². The molecule has 0 aromatic heterocycles. The zero-order chi connectivity index (χ0) is 19.7. The van der Waals surface area contributed by atoms with Gasteiger partial charge >= 0.3 is 0 Å². The van der Waals surface area contributed by atoms with Crippen LogP contribution in [0.2, 0.25) is 0 Å². The van der Waals surface area contributed by atoms with E-state index in [4.69, 9.17) is 0 Å². The number of carbonyl (C=O) groups excluding carboxylic acids is 3. The number of hydrogen-bond acceptors (Lipinski definition) is 4. The molecule has 6 nitrogen and oxygen atoms in total. The van der Waals surface area contributed by atoms with E-state index >= 15 is 0 Å². The highest BCUT2D eigenvalue weighted by atomic mass is 19.1. The largest absolute Gasteiger partial charge is 0.312 e. The highest BCUT2D eigenvalue weighted by Gasteiger charge is 2.40. The van der Waals surface area contributed by atoms with Crippen molar-refractivity contribution in [3.8, 4) is 0 Å². The fraction of sp³-hybridized carbons (Fsp3) is 0.286. The van der Waals surface area contributed by atoms with Crippen LogP contribution in [0.1, 0.15) is 24.8 Å². The summed E-state index contributed by atoms with van der Waals surface area (Å²) >= 11 is 0. The third-order valence-electron chi connectivity index (χ3n) is 5.11. The van der Waals surface area contributed by atoms with Crippen LogP contribution in [-0.4, -0.2) is 30.3 Å². The summed E-state index contributed by atoms with van der Waals surface area (Å²) in [6, 6.07) is 12.6. The first-order valence-electron chi connectivity index (χ1n) is 9.28. The Labute approximate surface area is 161 Å². The molecule has 0 unspecified atom stereocenters. The molecule has 2 fully saturated rings. The lowest BCUT2D eigenvalue weighted by Crippen LogP contribution is -2.38. The Morgan fingerprint density at radius 1 is 1.00 bits per heavy atom. The molecular formula is C21H20FN3O3. The van der Waals surface area contributed by atoms with Gasteiger partial charge in [-0.15, -0.1) is 0 Å². The molecule has 2 aromatic rings. The molecule has 0 spiro atoms. The first-order valence-corrected chi connectivity index (χ1v) is 9.28. The molecule has 144 valence electrons. The van der Waals surface area contributed by atoms with E-state index in [1.165, 1.54) is 18.2 Å². The average molecular weight is 381 g/mol. The van der Waals surface area contributed by atoms with Gasteiger partial charge in [0.25, 0.3) is 5.91 Å². The zero-order valence-electron chi connectivity index (χ0n) is 15.2. The minimum Gasteiger partial charge on any atom is -0.312 e. The second-order valence-corrected chi connectivity index (χ2v) is 6.97. The van der Waals surface area contributed by atoms with Crippen molar-refractivity contribution in [1.82, 2.24) is 5.32 Å². The second-order valence-electron chi connectivity index (χ2n) is 6.97. The van der Waals surface area contributed by atoms with E-state index in [1.807, 2.05) is 24.3 Å². The van der Waals surface area contributed by atoms with Crippen molar-refractivity contribution in [1.29, 1.82) is 0 Å². The van der Waals surface area contributed by atoms with Crippen molar-refractivity contribution in [3.05, 3.63) is 59.9 Å². The summed E-state index contributed by atoms with van der Waals surface area (Å²) in [6.45, 7) is 1.13. The Hall–Kier alpha value is -3.06. The van der Waals surface area contributed by atoms with Gasteiger partial charge in [0.15, 0.2) is 0 Å². The SMILES string of the molecule is O=C1CCCN1c1ccc(CN[C@@H]2CC(=O)N(c3ccccc3F)C2=O)cc1. The first kappa shape index (κ1) is 18.3. The standard InChI is InChI=1S/C21H20FN3O3/c22-16-4-1-2-5-18(16)25-20(27)12-17(21(25)28)23-13-14-7-9-15(10-8-14)24-11-3-6-19(24)26/h1-2,4-5,7-10,17,23H,3,6,11-13H2/t17-/m1/s1. The van der Waals surface area contributed by atoms with E-state index in [1.54, 1.807) is 11.0 Å². The van der Waals surface area contributed by atoms with Gasteiger partial charge in [-0.2, -0.15) is 0 Å². The van der Waals surface area contributed by atoms with E-state index in [-0.39, 0.29) is 18.0 Å². The molecule has 28 heavy (non-hydrogen) atoms. The lowest BCUT2D eigenvalue weighted by molar-refractivity contribution is -0.122. The number of rotatable bonds is 5. The topological polar surface area (TPSA) is 69.7 Å². The lowest BCUT2D eigenvalue weighted by atomic mass is 10.1. The monoisotopic (exact) mass is 381 g/mol. The quantitative estimate of drug-likeness (QED) is 0.808. The van der Waals surface area contributed by atoms with Crippen LogP contribution in [0.15, 0.2) is 48.5 Å². The molecule has 2 aliphatic rings. The summed E-state index contributed by atoms with van der Waals surface area (Å²) in [4.78, 5) is 39.3. The van der Waals surface area contributed by atoms with Crippen LogP contribution in [-0.2, 0) is 20.9 Å². The smallest absolute Gasteiger partial charge is 0.251 e. The maximum absolute atomic E-state index is 14.0. The molecule has 1 atom stereocenters.